The fourth-order valence-electron chi connectivity index (χ4n) is 0.843. The molecule has 0 radical (unpaired) electrons. The third-order valence-electron chi connectivity index (χ3n) is 1.59. The first-order valence-electron chi connectivity index (χ1n) is 4.49. The number of aliphatic hydroxyl groups excluding tert-OH is 1. The van der Waals surface area contributed by atoms with Crippen molar-refractivity contribution in [3.63, 3.8) is 0 Å². The first kappa shape index (κ1) is 11.0. The van der Waals surface area contributed by atoms with Crippen LogP contribution in [0.3, 0.4) is 0 Å². The van der Waals surface area contributed by atoms with Crippen molar-refractivity contribution in [3.05, 3.63) is 36.6 Å². The summed E-state index contributed by atoms with van der Waals surface area (Å²) in [5, 5.41) is 8.95. The topological polar surface area (TPSA) is 20.2 Å². The summed E-state index contributed by atoms with van der Waals surface area (Å²) in [6.07, 6.45) is 11.9. The largest absolute Gasteiger partial charge is 0.508 e. The average Bonchev–Trinajstić information content (AvgIpc) is 2.10. The summed E-state index contributed by atoms with van der Waals surface area (Å²) in [5.41, 5.74) is 0. The lowest BCUT2D eigenvalue weighted by Crippen LogP contribution is -1.71. The molecule has 0 aliphatic heterocycles. The third kappa shape index (κ3) is 7.13. The van der Waals surface area contributed by atoms with Crippen molar-refractivity contribution in [2.75, 3.05) is 0 Å². The van der Waals surface area contributed by atoms with E-state index < -0.39 is 0 Å². The summed E-state index contributed by atoms with van der Waals surface area (Å²) in [6.45, 7) is 5.62. The number of aliphatic hydroxyl groups is 1. The summed E-state index contributed by atoms with van der Waals surface area (Å²) in [5.74, 6) is 0.224. The maximum atomic E-state index is 8.95. The number of rotatable bonds is 6. The smallest absolute Gasteiger partial charge is 0.114 e. The van der Waals surface area contributed by atoms with Crippen LogP contribution in [0, 0.1) is 0 Å². The van der Waals surface area contributed by atoms with E-state index in [-0.39, 0.29) is 5.76 Å². The molecule has 0 aromatic carbocycles. The number of hydrogen-bond donors (Lipinski definition) is 1. The predicted octanol–water partition coefficient (Wildman–Crippen LogP) is 3.75. The highest BCUT2D eigenvalue weighted by atomic mass is 16.3. The van der Waals surface area contributed by atoms with Gasteiger partial charge in [0.05, 0.1) is 0 Å². The Kier molecular flexibility index (Phi) is 7.46. The molecule has 0 aliphatic carbocycles. The molecule has 0 amide bonds. The Bertz CT molecular complexity index is 166. The lowest BCUT2D eigenvalue weighted by atomic mass is 10.2. The molecule has 12 heavy (non-hydrogen) atoms. The molecule has 1 N–H and O–H groups in total. The van der Waals surface area contributed by atoms with Crippen LogP contribution in [-0.4, -0.2) is 5.11 Å². The van der Waals surface area contributed by atoms with Crippen molar-refractivity contribution in [1.82, 2.24) is 0 Å². The van der Waals surface area contributed by atoms with E-state index in [1.807, 2.05) is 6.08 Å². The van der Waals surface area contributed by atoms with Gasteiger partial charge in [0.2, 0.25) is 0 Å². The zero-order chi connectivity index (χ0) is 9.23. The van der Waals surface area contributed by atoms with E-state index in [4.69, 9.17) is 5.11 Å². The fraction of sp³-hybridized carbons (Fsp3) is 0.455. The molecule has 0 bridgehead atoms. The van der Waals surface area contributed by atoms with E-state index >= 15 is 0 Å². The lowest BCUT2D eigenvalue weighted by Gasteiger charge is -1.90. The lowest BCUT2D eigenvalue weighted by molar-refractivity contribution is 0.433. The van der Waals surface area contributed by atoms with Crippen LogP contribution in [-0.2, 0) is 0 Å². The minimum atomic E-state index is 0.224. The highest BCUT2D eigenvalue weighted by Gasteiger charge is 1.81. The van der Waals surface area contributed by atoms with E-state index in [0.717, 1.165) is 6.42 Å². The second-order valence-electron chi connectivity index (χ2n) is 2.72. The van der Waals surface area contributed by atoms with Crippen LogP contribution in [0.4, 0.5) is 0 Å². The van der Waals surface area contributed by atoms with Crippen molar-refractivity contribution in [2.45, 2.75) is 32.6 Å². The highest BCUT2D eigenvalue weighted by Crippen LogP contribution is 2.00. The van der Waals surface area contributed by atoms with Gasteiger partial charge in [-0.3, -0.25) is 0 Å². The minimum absolute atomic E-state index is 0.224. The van der Waals surface area contributed by atoms with Gasteiger partial charge in [-0.05, 0) is 25.0 Å². The van der Waals surface area contributed by atoms with Gasteiger partial charge in [0.1, 0.15) is 5.76 Å². The molecular weight excluding hydrogens is 148 g/mol. The SMILES string of the molecule is C=CC(O)=CC=CCCCCC. The first-order chi connectivity index (χ1) is 5.81. The van der Waals surface area contributed by atoms with Gasteiger partial charge >= 0.3 is 0 Å². The Hall–Kier alpha value is -0.980. The molecule has 1 heteroatoms. The van der Waals surface area contributed by atoms with Crippen LogP contribution < -0.4 is 0 Å². The summed E-state index contributed by atoms with van der Waals surface area (Å²) >= 11 is 0. The molecule has 0 spiro atoms. The van der Waals surface area contributed by atoms with Crippen LogP contribution in [0.2, 0.25) is 0 Å². The van der Waals surface area contributed by atoms with Gasteiger partial charge in [-0.25, -0.2) is 0 Å². The number of hydrogen-bond acceptors (Lipinski definition) is 1. The molecule has 0 rings (SSSR count). The van der Waals surface area contributed by atoms with E-state index in [0.29, 0.717) is 0 Å². The van der Waals surface area contributed by atoms with Crippen molar-refractivity contribution in [1.29, 1.82) is 0 Å². The molecule has 68 valence electrons. The molecule has 0 atom stereocenters. The number of allylic oxidation sites excluding steroid dienone is 4. The van der Waals surface area contributed by atoms with Gasteiger partial charge in [-0.2, -0.15) is 0 Å². The minimum Gasteiger partial charge on any atom is -0.508 e. The van der Waals surface area contributed by atoms with Crippen molar-refractivity contribution in [2.24, 2.45) is 0 Å². The Morgan fingerprint density at radius 2 is 2.17 bits per heavy atom. The summed E-state index contributed by atoms with van der Waals surface area (Å²) in [7, 11) is 0. The van der Waals surface area contributed by atoms with Crippen LogP contribution >= 0.6 is 0 Å². The molecule has 0 saturated carbocycles. The standard InChI is InChI=1S/C11H18O/c1-3-5-6-7-8-9-10-11(12)4-2/h4,8-10,12H,2-3,5-7H2,1H3. The third-order valence-corrected chi connectivity index (χ3v) is 1.59. The Balaban J connectivity index is 3.43. The molecule has 0 heterocycles. The zero-order valence-corrected chi connectivity index (χ0v) is 7.79. The van der Waals surface area contributed by atoms with Gasteiger partial charge in [0.25, 0.3) is 0 Å². The molecule has 0 aliphatic rings. The van der Waals surface area contributed by atoms with Gasteiger partial charge in [-0.15, -0.1) is 0 Å². The summed E-state index contributed by atoms with van der Waals surface area (Å²) in [4.78, 5) is 0. The molecule has 0 saturated heterocycles. The fourth-order valence-corrected chi connectivity index (χ4v) is 0.843. The molecule has 0 fully saturated rings. The Morgan fingerprint density at radius 1 is 1.42 bits per heavy atom. The van der Waals surface area contributed by atoms with Gasteiger partial charge in [-0.1, -0.05) is 38.5 Å². The van der Waals surface area contributed by atoms with Gasteiger partial charge in [0, 0.05) is 0 Å². The van der Waals surface area contributed by atoms with E-state index in [1.165, 1.54) is 25.3 Å². The average molecular weight is 166 g/mol. The van der Waals surface area contributed by atoms with Crippen molar-refractivity contribution in [3.8, 4) is 0 Å². The quantitative estimate of drug-likeness (QED) is 0.362. The van der Waals surface area contributed by atoms with Gasteiger partial charge in [0.15, 0.2) is 0 Å². The summed E-state index contributed by atoms with van der Waals surface area (Å²) in [6, 6.07) is 0. The van der Waals surface area contributed by atoms with Crippen LogP contribution in [0.5, 0.6) is 0 Å². The van der Waals surface area contributed by atoms with E-state index in [2.05, 4.69) is 19.6 Å². The number of unbranched alkanes of at least 4 members (excludes halogenated alkanes) is 3. The van der Waals surface area contributed by atoms with Crippen molar-refractivity contribution >= 4 is 0 Å². The van der Waals surface area contributed by atoms with Crippen molar-refractivity contribution < 1.29 is 5.11 Å². The van der Waals surface area contributed by atoms with Crippen LogP contribution in [0.15, 0.2) is 36.6 Å². The first-order valence-corrected chi connectivity index (χ1v) is 4.49. The Morgan fingerprint density at radius 3 is 2.75 bits per heavy atom. The molecule has 0 aromatic rings. The molecule has 1 nitrogen and oxygen atoms in total. The maximum Gasteiger partial charge on any atom is 0.114 e. The van der Waals surface area contributed by atoms with Crippen LogP contribution in [0.1, 0.15) is 32.6 Å². The van der Waals surface area contributed by atoms with Gasteiger partial charge < -0.3 is 5.11 Å². The molecular formula is C11H18O. The Labute approximate surface area is 75.1 Å². The second-order valence-corrected chi connectivity index (χ2v) is 2.72. The maximum absolute atomic E-state index is 8.95. The second kappa shape index (κ2) is 8.12. The monoisotopic (exact) mass is 166 g/mol. The van der Waals surface area contributed by atoms with E-state index in [1.54, 1.807) is 6.08 Å². The summed E-state index contributed by atoms with van der Waals surface area (Å²) < 4.78 is 0. The molecule has 0 unspecified atom stereocenters. The highest BCUT2D eigenvalue weighted by molar-refractivity contribution is 5.14. The predicted molar refractivity (Wildman–Crippen MR) is 54.2 cm³/mol. The normalized spacial score (nSPS) is 12.2. The van der Waals surface area contributed by atoms with E-state index in [9.17, 15) is 0 Å². The zero-order valence-electron chi connectivity index (χ0n) is 7.79. The van der Waals surface area contributed by atoms with Crippen LogP contribution in [0.25, 0.3) is 0 Å². The molecule has 0 aromatic heterocycles.